The van der Waals surface area contributed by atoms with Gasteiger partial charge in [0.25, 0.3) is 0 Å². The molecule has 0 unspecified atom stereocenters. The molecular weight excluding hydrogens is 254 g/mol. The van der Waals surface area contributed by atoms with Crippen LogP contribution in [0.5, 0.6) is 0 Å². The van der Waals surface area contributed by atoms with E-state index in [2.05, 4.69) is 5.32 Å². The van der Waals surface area contributed by atoms with E-state index >= 15 is 0 Å². The highest BCUT2D eigenvalue weighted by Crippen LogP contribution is 2.18. The van der Waals surface area contributed by atoms with Gasteiger partial charge in [-0.2, -0.15) is 0 Å². The summed E-state index contributed by atoms with van der Waals surface area (Å²) in [4.78, 5) is 14.0. The van der Waals surface area contributed by atoms with Crippen LogP contribution in [-0.2, 0) is 4.79 Å². The van der Waals surface area contributed by atoms with Gasteiger partial charge in [-0.05, 0) is 45.0 Å². The molecule has 0 atom stereocenters. The zero-order chi connectivity index (χ0) is 15.3. The molecule has 0 bridgehead atoms. The number of aliphatic hydroxyl groups is 1. The Hall–Kier alpha value is -1.59. The highest BCUT2D eigenvalue weighted by Gasteiger charge is 2.19. The van der Waals surface area contributed by atoms with Crippen molar-refractivity contribution in [3.8, 4) is 0 Å². The quantitative estimate of drug-likeness (QED) is 0.691. The van der Waals surface area contributed by atoms with E-state index in [9.17, 15) is 9.90 Å². The lowest BCUT2D eigenvalue weighted by Gasteiger charge is -2.27. The molecule has 5 nitrogen and oxygen atoms in total. The Bertz CT molecular complexity index is 467. The summed E-state index contributed by atoms with van der Waals surface area (Å²) in [6, 6.07) is 5.43. The number of nitrogen functional groups attached to an aromatic ring is 1. The first kappa shape index (κ1) is 16.5. The van der Waals surface area contributed by atoms with Crippen molar-refractivity contribution >= 4 is 17.3 Å². The summed E-state index contributed by atoms with van der Waals surface area (Å²) in [6.45, 7) is 8.74. The fourth-order valence-corrected chi connectivity index (χ4v) is 1.99. The van der Waals surface area contributed by atoms with Crippen molar-refractivity contribution in [1.82, 2.24) is 4.90 Å². The number of rotatable bonds is 6. The average Bonchev–Trinajstić information content (AvgIpc) is 2.31. The highest BCUT2D eigenvalue weighted by atomic mass is 16.3. The Morgan fingerprint density at radius 2 is 2.10 bits per heavy atom. The molecular formula is C15H25N3O2. The lowest BCUT2D eigenvalue weighted by atomic mass is 10.1. The molecule has 1 aromatic carbocycles. The summed E-state index contributed by atoms with van der Waals surface area (Å²) in [5.41, 5.74) is 7.22. The number of nitrogens with two attached hydrogens (primary N) is 1. The van der Waals surface area contributed by atoms with Gasteiger partial charge < -0.3 is 16.2 Å². The summed E-state index contributed by atoms with van der Waals surface area (Å²) in [6.07, 6.45) is 0. The minimum absolute atomic E-state index is 0.107. The second-order valence-corrected chi connectivity index (χ2v) is 5.74. The van der Waals surface area contributed by atoms with Crippen LogP contribution in [0.25, 0.3) is 0 Å². The number of carbonyl (C=O) groups excluding carboxylic acids is 1. The van der Waals surface area contributed by atoms with Crippen LogP contribution in [0, 0.1) is 6.92 Å². The molecule has 0 aliphatic carbocycles. The molecule has 20 heavy (non-hydrogen) atoms. The van der Waals surface area contributed by atoms with Gasteiger partial charge in [-0.3, -0.25) is 9.69 Å². The molecule has 0 radical (unpaired) electrons. The molecule has 0 aliphatic heterocycles. The van der Waals surface area contributed by atoms with Crippen LogP contribution in [0.3, 0.4) is 0 Å². The molecule has 0 fully saturated rings. The number of hydrogen-bond donors (Lipinski definition) is 3. The maximum absolute atomic E-state index is 12.1. The van der Waals surface area contributed by atoms with Crippen molar-refractivity contribution in [2.45, 2.75) is 33.3 Å². The van der Waals surface area contributed by atoms with Crippen molar-refractivity contribution in [1.29, 1.82) is 0 Å². The summed E-state index contributed by atoms with van der Waals surface area (Å²) in [5.74, 6) is -0.107. The standard InChI is InChI=1S/C15H25N3O2/c1-5-18(10-15(3,4)20)9-14(19)17-13-8-12(16)7-6-11(13)2/h6-8,20H,5,9-10,16H2,1-4H3,(H,17,19). The minimum Gasteiger partial charge on any atom is -0.399 e. The fraction of sp³-hybridized carbons (Fsp3) is 0.533. The number of amides is 1. The number of aryl methyl sites for hydroxylation is 1. The highest BCUT2D eigenvalue weighted by molar-refractivity contribution is 5.93. The van der Waals surface area contributed by atoms with Crippen molar-refractivity contribution in [3.63, 3.8) is 0 Å². The molecule has 0 saturated heterocycles. The fourth-order valence-electron chi connectivity index (χ4n) is 1.99. The van der Waals surface area contributed by atoms with E-state index in [1.807, 2.05) is 24.8 Å². The van der Waals surface area contributed by atoms with Gasteiger partial charge in [0.05, 0.1) is 12.1 Å². The SMILES string of the molecule is CCN(CC(=O)Nc1cc(N)ccc1C)CC(C)(C)O. The molecule has 0 saturated carbocycles. The van der Waals surface area contributed by atoms with Crippen molar-refractivity contribution < 1.29 is 9.90 Å². The minimum atomic E-state index is -0.816. The Morgan fingerprint density at radius 3 is 2.65 bits per heavy atom. The first-order chi connectivity index (χ1) is 9.21. The van der Waals surface area contributed by atoms with Crippen LogP contribution < -0.4 is 11.1 Å². The third kappa shape index (κ3) is 5.59. The predicted octanol–water partition coefficient (Wildman–Crippen LogP) is 1.61. The van der Waals surface area contributed by atoms with E-state index in [-0.39, 0.29) is 12.5 Å². The third-order valence-corrected chi connectivity index (χ3v) is 2.96. The first-order valence-electron chi connectivity index (χ1n) is 6.82. The second-order valence-electron chi connectivity index (χ2n) is 5.74. The average molecular weight is 279 g/mol. The van der Waals surface area contributed by atoms with E-state index in [0.717, 1.165) is 11.3 Å². The van der Waals surface area contributed by atoms with Crippen molar-refractivity contribution in [2.75, 3.05) is 30.7 Å². The van der Waals surface area contributed by atoms with E-state index in [1.165, 1.54) is 0 Å². The largest absolute Gasteiger partial charge is 0.399 e. The molecule has 1 rings (SSSR count). The monoisotopic (exact) mass is 279 g/mol. The van der Waals surface area contributed by atoms with Gasteiger partial charge in [-0.25, -0.2) is 0 Å². The van der Waals surface area contributed by atoms with Crippen molar-refractivity contribution in [2.24, 2.45) is 0 Å². The topological polar surface area (TPSA) is 78.6 Å². The van der Waals surface area contributed by atoms with E-state index < -0.39 is 5.60 Å². The molecule has 0 heterocycles. The zero-order valence-corrected chi connectivity index (χ0v) is 12.7. The van der Waals surface area contributed by atoms with Gasteiger partial charge in [-0.1, -0.05) is 13.0 Å². The maximum Gasteiger partial charge on any atom is 0.238 e. The molecule has 4 N–H and O–H groups in total. The molecule has 0 aliphatic rings. The van der Waals surface area contributed by atoms with Crippen molar-refractivity contribution in [3.05, 3.63) is 23.8 Å². The van der Waals surface area contributed by atoms with Gasteiger partial charge in [0, 0.05) is 17.9 Å². The second kappa shape index (κ2) is 6.72. The van der Waals surface area contributed by atoms with Gasteiger partial charge in [0.1, 0.15) is 0 Å². The Morgan fingerprint density at radius 1 is 1.45 bits per heavy atom. The van der Waals surface area contributed by atoms with Gasteiger partial charge in [-0.15, -0.1) is 0 Å². The van der Waals surface area contributed by atoms with Crippen LogP contribution in [0.15, 0.2) is 18.2 Å². The smallest absolute Gasteiger partial charge is 0.238 e. The zero-order valence-electron chi connectivity index (χ0n) is 12.7. The molecule has 112 valence electrons. The third-order valence-electron chi connectivity index (χ3n) is 2.96. The summed E-state index contributed by atoms with van der Waals surface area (Å²) >= 11 is 0. The summed E-state index contributed by atoms with van der Waals surface area (Å²) < 4.78 is 0. The number of carbonyl (C=O) groups is 1. The van der Waals surface area contributed by atoms with Gasteiger partial charge in [0.15, 0.2) is 0 Å². The van der Waals surface area contributed by atoms with E-state index in [0.29, 0.717) is 18.8 Å². The Labute approximate surface area is 120 Å². The number of anilines is 2. The van der Waals surface area contributed by atoms with Crippen LogP contribution in [0.1, 0.15) is 26.3 Å². The van der Waals surface area contributed by atoms with Gasteiger partial charge in [0.2, 0.25) is 5.91 Å². The molecule has 0 aromatic heterocycles. The number of likely N-dealkylation sites (N-methyl/N-ethyl adjacent to an activating group) is 1. The van der Waals surface area contributed by atoms with Crippen LogP contribution in [0.4, 0.5) is 11.4 Å². The normalized spacial score (nSPS) is 11.7. The van der Waals surface area contributed by atoms with Crippen LogP contribution in [0.2, 0.25) is 0 Å². The number of nitrogens with one attached hydrogen (secondary N) is 1. The van der Waals surface area contributed by atoms with E-state index in [4.69, 9.17) is 5.73 Å². The Kier molecular flexibility index (Phi) is 5.53. The summed E-state index contributed by atoms with van der Waals surface area (Å²) in [5, 5.41) is 12.7. The maximum atomic E-state index is 12.1. The van der Waals surface area contributed by atoms with E-state index in [1.54, 1.807) is 26.0 Å². The first-order valence-corrected chi connectivity index (χ1v) is 6.82. The molecule has 1 amide bonds. The molecule has 0 spiro atoms. The lowest BCUT2D eigenvalue weighted by molar-refractivity contribution is -0.117. The number of nitrogens with zero attached hydrogens (tertiary/aromatic N) is 1. The lowest BCUT2D eigenvalue weighted by Crippen LogP contribution is -2.42. The molecule has 5 heteroatoms. The summed E-state index contributed by atoms with van der Waals surface area (Å²) in [7, 11) is 0. The van der Waals surface area contributed by atoms with Crippen LogP contribution in [-0.4, -0.2) is 41.1 Å². The molecule has 1 aromatic rings. The predicted molar refractivity (Wildman–Crippen MR) is 82.6 cm³/mol. The van der Waals surface area contributed by atoms with Gasteiger partial charge >= 0.3 is 0 Å². The van der Waals surface area contributed by atoms with Crippen LogP contribution >= 0.6 is 0 Å². The number of benzene rings is 1. The Balaban J connectivity index is 2.64. The number of hydrogen-bond acceptors (Lipinski definition) is 4.